The minimum absolute atomic E-state index is 0.0148. The molecular weight excluding hydrogens is 332 g/mol. The molecule has 1 unspecified atom stereocenters. The molecule has 1 aromatic heterocycles. The van der Waals surface area contributed by atoms with E-state index in [0.717, 1.165) is 34.8 Å². The number of nitrogens with one attached hydrogen (secondary N) is 1. The molecule has 1 aromatic carbocycles. The highest BCUT2D eigenvalue weighted by molar-refractivity contribution is 7.12. The van der Waals surface area contributed by atoms with Crippen LogP contribution in [0.15, 0.2) is 30.3 Å². The zero-order valence-electron chi connectivity index (χ0n) is 15.2. The van der Waals surface area contributed by atoms with Gasteiger partial charge in [0, 0.05) is 21.9 Å². The molecule has 1 atom stereocenters. The number of amides is 1. The Balaban J connectivity index is 1.78. The van der Waals surface area contributed by atoms with Gasteiger partial charge < -0.3 is 10.1 Å². The monoisotopic (exact) mass is 358 g/mol. The number of hydrogen-bond donors (Lipinski definition) is 1. The Morgan fingerprint density at radius 1 is 1.28 bits per heavy atom. The number of benzene rings is 1. The van der Waals surface area contributed by atoms with Gasteiger partial charge in [-0.25, -0.2) is 0 Å². The Kier molecular flexibility index (Phi) is 5.76. The van der Waals surface area contributed by atoms with Crippen molar-refractivity contribution in [1.29, 1.82) is 0 Å². The van der Waals surface area contributed by atoms with E-state index in [1.54, 1.807) is 18.4 Å². The quantitative estimate of drug-likeness (QED) is 0.850. The number of thiophene rings is 1. The van der Waals surface area contributed by atoms with E-state index in [1.807, 2.05) is 38.1 Å². The molecule has 0 aliphatic carbocycles. The molecule has 0 bridgehead atoms. The predicted octanol–water partition coefficient (Wildman–Crippen LogP) is 3.94. The van der Waals surface area contributed by atoms with Crippen molar-refractivity contribution in [3.05, 3.63) is 51.2 Å². The standard InChI is InChI=1S/C20H26N2O2S/c1-14-12-17(15(2)25-14)20(23)21-13-18(22-10-6-7-11-22)16-8-4-5-9-19(16)24-3/h4-5,8-9,12,18H,6-7,10-11,13H2,1-3H3,(H,21,23). The lowest BCUT2D eigenvalue weighted by Gasteiger charge is -2.29. The van der Waals surface area contributed by atoms with Crippen LogP contribution in [0.4, 0.5) is 0 Å². The highest BCUT2D eigenvalue weighted by Crippen LogP contribution is 2.31. The first-order valence-corrected chi connectivity index (χ1v) is 9.64. The third-order valence-corrected chi connectivity index (χ3v) is 5.79. The minimum Gasteiger partial charge on any atom is -0.496 e. The lowest BCUT2D eigenvalue weighted by Crippen LogP contribution is -2.37. The van der Waals surface area contributed by atoms with E-state index in [-0.39, 0.29) is 11.9 Å². The number of ether oxygens (including phenoxy) is 1. The SMILES string of the molecule is COc1ccccc1C(CNC(=O)c1cc(C)sc1C)N1CCCC1. The fraction of sp³-hybridized carbons (Fsp3) is 0.450. The van der Waals surface area contributed by atoms with E-state index in [2.05, 4.69) is 16.3 Å². The largest absolute Gasteiger partial charge is 0.496 e. The predicted molar refractivity (Wildman–Crippen MR) is 103 cm³/mol. The summed E-state index contributed by atoms with van der Waals surface area (Å²) in [5.41, 5.74) is 1.94. The third kappa shape index (κ3) is 4.05. The van der Waals surface area contributed by atoms with Gasteiger partial charge in [-0.05, 0) is 51.9 Å². The minimum atomic E-state index is 0.0148. The number of likely N-dealkylation sites (tertiary alicyclic amines) is 1. The van der Waals surface area contributed by atoms with E-state index < -0.39 is 0 Å². The summed E-state index contributed by atoms with van der Waals surface area (Å²) in [4.78, 5) is 17.3. The van der Waals surface area contributed by atoms with E-state index in [1.165, 1.54) is 17.7 Å². The zero-order valence-corrected chi connectivity index (χ0v) is 16.0. The molecule has 2 heterocycles. The number of rotatable bonds is 6. The van der Waals surface area contributed by atoms with E-state index in [4.69, 9.17) is 4.74 Å². The summed E-state index contributed by atoms with van der Waals surface area (Å²) < 4.78 is 5.56. The van der Waals surface area contributed by atoms with Crippen molar-refractivity contribution in [3.63, 3.8) is 0 Å². The van der Waals surface area contributed by atoms with Crippen LogP contribution in [0.5, 0.6) is 5.75 Å². The van der Waals surface area contributed by atoms with Crippen LogP contribution in [-0.4, -0.2) is 37.6 Å². The smallest absolute Gasteiger partial charge is 0.252 e. The van der Waals surface area contributed by atoms with Gasteiger partial charge in [0.05, 0.1) is 18.7 Å². The average molecular weight is 359 g/mol. The van der Waals surface area contributed by atoms with Gasteiger partial charge >= 0.3 is 0 Å². The number of para-hydroxylation sites is 1. The molecule has 1 amide bonds. The van der Waals surface area contributed by atoms with Crippen LogP contribution in [0.3, 0.4) is 0 Å². The number of carbonyl (C=O) groups excluding carboxylic acids is 1. The van der Waals surface area contributed by atoms with Gasteiger partial charge in [0.15, 0.2) is 0 Å². The maximum Gasteiger partial charge on any atom is 0.252 e. The summed E-state index contributed by atoms with van der Waals surface area (Å²) >= 11 is 1.67. The molecular formula is C20H26N2O2S. The summed E-state index contributed by atoms with van der Waals surface area (Å²) in [6.07, 6.45) is 2.42. The molecule has 0 spiro atoms. The molecule has 1 N–H and O–H groups in total. The summed E-state index contributed by atoms with van der Waals surface area (Å²) in [5, 5.41) is 3.15. The van der Waals surface area contributed by atoms with E-state index in [9.17, 15) is 4.79 Å². The molecule has 5 heteroatoms. The van der Waals surface area contributed by atoms with Crippen LogP contribution in [0, 0.1) is 13.8 Å². The number of methoxy groups -OCH3 is 1. The van der Waals surface area contributed by atoms with Crippen LogP contribution in [0.25, 0.3) is 0 Å². The maximum absolute atomic E-state index is 12.6. The molecule has 134 valence electrons. The van der Waals surface area contributed by atoms with Crippen LogP contribution in [0.2, 0.25) is 0 Å². The first-order chi connectivity index (χ1) is 12.1. The van der Waals surface area contributed by atoms with Gasteiger partial charge in [-0.2, -0.15) is 0 Å². The second-order valence-corrected chi connectivity index (χ2v) is 8.00. The van der Waals surface area contributed by atoms with Gasteiger partial charge in [-0.3, -0.25) is 9.69 Å². The maximum atomic E-state index is 12.6. The molecule has 1 fully saturated rings. The number of aryl methyl sites for hydroxylation is 2. The molecule has 0 saturated carbocycles. The second kappa shape index (κ2) is 8.02. The van der Waals surface area contributed by atoms with Crippen molar-refractivity contribution in [2.75, 3.05) is 26.7 Å². The number of nitrogens with zero attached hydrogens (tertiary/aromatic N) is 1. The Labute approximate surface area is 153 Å². The fourth-order valence-electron chi connectivity index (χ4n) is 3.57. The molecule has 1 aliphatic rings. The average Bonchev–Trinajstić information content (AvgIpc) is 3.25. The fourth-order valence-corrected chi connectivity index (χ4v) is 4.49. The zero-order chi connectivity index (χ0) is 17.8. The number of carbonyl (C=O) groups is 1. The van der Waals surface area contributed by atoms with Gasteiger partial charge in [-0.1, -0.05) is 18.2 Å². The van der Waals surface area contributed by atoms with Crippen LogP contribution in [-0.2, 0) is 0 Å². The van der Waals surface area contributed by atoms with Gasteiger partial charge in [0.2, 0.25) is 0 Å². The van der Waals surface area contributed by atoms with E-state index >= 15 is 0 Å². The molecule has 25 heavy (non-hydrogen) atoms. The van der Waals surface area contributed by atoms with Gasteiger partial charge in [-0.15, -0.1) is 11.3 Å². The van der Waals surface area contributed by atoms with Crippen molar-refractivity contribution in [2.24, 2.45) is 0 Å². The Hall–Kier alpha value is -1.85. The summed E-state index contributed by atoms with van der Waals surface area (Å²) in [6.45, 7) is 6.76. The lowest BCUT2D eigenvalue weighted by molar-refractivity contribution is 0.0937. The lowest BCUT2D eigenvalue weighted by atomic mass is 10.0. The van der Waals surface area contributed by atoms with Crippen LogP contribution < -0.4 is 10.1 Å². The van der Waals surface area contributed by atoms with Gasteiger partial charge in [0.1, 0.15) is 5.75 Å². The molecule has 1 saturated heterocycles. The molecule has 0 radical (unpaired) electrons. The molecule has 1 aliphatic heterocycles. The second-order valence-electron chi connectivity index (χ2n) is 6.54. The number of hydrogen-bond acceptors (Lipinski definition) is 4. The highest BCUT2D eigenvalue weighted by Gasteiger charge is 2.26. The first kappa shape index (κ1) is 18.0. The van der Waals surface area contributed by atoms with Crippen molar-refractivity contribution in [2.45, 2.75) is 32.7 Å². The Morgan fingerprint density at radius 3 is 2.64 bits per heavy atom. The summed E-state index contributed by atoms with van der Waals surface area (Å²) in [5.74, 6) is 0.900. The third-order valence-electron chi connectivity index (χ3n) is 4.82. The molecule has 4 nitrogen and oxygen atoms in total. The Morgan fingerprint density at radius 2 is 2.00 bits per heavy atom. The normalized spacial score (nSPS) is 16.0. The Bertz CT molecular complexity index is 735. The van der Waals surface area contributed by atoms with E-state index in [0.29, 0.717) is 6.54 Å². The molecule has 3 rings (SSSR count). The first-order valence-electron chi connectivity index (χ1n) is 8.82. The van der Waals surface area contributed by atoms with Crippen molar-refractivity contribution in [1.82, 2.24) is 10.2 Å². The van der Waals surface area contributed by atoms with Crippen molar-refractivity contribution in [3.8, 4) is 5.75 Å². The van der Waals surface area contributed by atoms with Crippen molar-refractivity contribution < 1.29 is 9.53 Å². The topological polar surface area (TPSA) is 41.6 Å². The highest BCUT2D eigenvalue weighted by atomic mass is 32.1. The molecule has 2 aromatic rings. The van der Waals surface area contributed by atoms with Crippen molar-refractivity contribution >= 4 is 17.2 Å². The van der Waals surface area contributed by atoms with Crippen LogP contribution >= 0.6 is 11.3 Å². The van der Waals surface area contributed by atoms with Gasteiger partial charge in [0.25, 0.3) is 5.91 Å². The summed E-state index contributed by atoms with van der Waals surface area (Å²) in [7, 11) is 1.70. The van der Waals surface area contributed by atoms with Crippen LogP contribution in [0.1, 0.15) is 44.6 Å². The summed E-state index contributed by atoms with van der Waals surface area (Å²) in [6, 6.07) is 10.2.